The van der Waals surface area contributed by atoms with E-state index in [0.717, 1.165) is 23.5 Å². The third-order valence-corrected chi connectivity index (χ3v) is 4.50. The Labute approximate surface area is 161 Å². The fraction of sp³-hybridized carbons (Fsp3) is 0.476. The molecule has 2 rings (SSSR count). The summed E-state index contributed by atoms with van der Waals surface area (Å²) in [7, 11) is 0. The molecule has 146 valence electrons. The van der Waals surface area contributed by atoms with Gasteiger partial charge in [0.15, 0.2) is 0 Å². The van der Waals surface area contributed by atoms with E-state index in [1.807, 2.05) is 16.5 Å². The molecule has 0 aliphatic heterocycles. The average molecular weight is 370 g/mol. The van der Waals surface area contributed by atoms with Crippen molar-refractivity contribution in [3.05, 3.63) is 46.8 Å². The van der Waals surface area contributed by atoms with E-state index >= 15 is 0 Å². The molecule has 6 heteroatoms. The third-order valence-electron chi connectivity index (χ3n) is 4.50. The number of hydrogen-bond acceptors (Lipinski definition) is 3. The summed E-state index contributed by atoms with van der Waals surface area (Å²) in [6.45, 7) is 13.8. The maximum atomic E-state index is 13.1. The highest BCUT2D eigenvalue weighted by Crippen LogP contribution is 2.19. The number of aryl methyl sites for hydroxylation is 2. The first-order chi connectivity index (χ1) is 12.7. The molecule has 2 amide bonds. The monoisotopic (exact) mass is 370 g/mol. The van der Waals surface area contributed by atoms with Crippen LogP contribution in [0.25, 0.3) is 0 Å². The summed E-state index contributed by atoms with van der Waals surface area (Å²) < 4.78 is 1.98. The SMILES string of the molecule is CCn1nc(C)c(CN(CC(C)C)C(=O)c2ccc(NC(C)=O)cc2)c1C. The second-order valence-corrected chi connectivity index (χ2v) is 7.30. The molecule has 1 N–H and O–H groups in total. The Morgan fingerprint density at radius 1 is 1.19 bits per heavy atom. The van der Waals surface area contributed by atoms with E-state index < -0.39 is 0 Å². The first-order valence-electron chi connectivity index (χ1n) is 9.42. The Morgan fingerprint density at radius 2 is 1.81 bits per heavy atom. The lowest BCUT2D eigenvalue weighted by Gasteiger charge is -2.25. The van der Waals surface area contributed by atoms with Crippen LogP contribution in [0.3, 0.4) is 0 Å². The zero-order chi connectivity index (χ0) is 20.1. The van der Waals surface area contributed by atoms with E-state index in [2.05, 4.69) is 38.1 Å². The van der Waals surface area contributed by atoms with E-state index in [1.165, 1.54) is 6.92 Å². The van der Waals surface area contributed by atoms with Crippen LogP contribution in [0.1, 0.15) is 55.0 Å². The van der Waals surface area contributed by atoms with Gasteiger partial charge in [0, 0.05) is 49.1 Å². The molecule has 0 bridgehead atoms. The van der Waals surface area contributed by atoms with Crippen molar-refractivity contribution >= 4 is 17.5 Å². The lowest BCUT2D eigenvalue weighted by atomic mass is 10.1. The van der Waals surface area contributed by atoms with Gasteiger partial charge in [-0.15, -0.1) is 0 Å². The van der Waals surface area contributed by atoms with Gasteiger partial charge < -0.3 is 10.2 Å². The van der Waals surface area contributed by atoms with Crippen molar-refractivity contribution in [3.8, 4) is 0 Å². The molecule has 6 nitrogen and oxygen atoms in total. The van der Waals surface area contributed by atoms with Crippen LogP contribution < -0.4 is 5.32 Å². The minimum atomic E-state index is -0.130. The van der Waals surface area contributed by atoms with Crippen molar-refractivity contribution in [2.24, 2.45) is 5.92 Å². The average Bonchev–Trinajstić information content (AvgIpc) is 2.87. The van der Waals surface area contributed by atoms with Crippen LogP contribution in [-0.2, 0) is 17.9 Å². The van der Waals surface area contributed by atoms with Crippen LogP contribution in [0, 0.1) is 19.8 Å². The molecular weight excluding hydrogens is 340 g/mol. The first kappa shape index (κ1) is 20.7. The number of carbonyl (C=O) groups excluding carboxylic acids is 2. The molecule has 2 aromatic rings. The van der Waals surface area contributed by atoms with E-state index in [-0.39, 0.29) is 11.8 Å². The number of anilines is 1. The van der Waals surface area contributed by atoms with E-state index in [0.29, 0.717) is 30.3 Å². The van der Waals surface area contributed by atoms with Gasteiger partial charge >= 0.3 is 0 Å². The second-order valence-electron chi connectivity index (χ2n) is 7.30. The van der Waals surface area contributed by atoms with Gasteiger partial charge in [0.25, 0.3) is 5.91 Å². The summed E-state index contributed by atoms with van der Waals surface area (Å²) in [5.41, 5.74) is 4.49. The Kier molecular flexibility index (Phi) is 6.77. The summed E-state index contributed by atoms with van der Waals surface area (Å²) in [5, 5.41) is 7.29. The van der Waals surface area contributed by atoms with Gasteiger partial charge in [-0.1, -0.05) is 13.8 Å². The number of benzene rings is 1. The van der Waals surface area contributed by atoms with Crippen molar-refractivity contribution < 1.29 is 9.59 Å². The van der Waals surface area contributed by atoms with Crippen molar-refractivity contribution in [3.63, 3.8) is 0 Å². The zero-order valence-corrected chi connectivity index (χ0v) is 17.2. The van der Waals surface area contributed by atoms with E-state index in [9.17, 15) is 9.59 Å². The normalized spacial score (nSPS) is 10.9. The van der Waals surface area contributed by atoms with Gasteiger partial charge in [-0.05, 0) is 51.0 Å². The number of amides is 2. The molecule has 0 atom stereocenters. The maximum Gasteiger partial charge on any atom is 0.254 e. The van der Waals surface area contributed by atoms with E-state index in [4.69, 9.17) is 0 Å². The molecule has 0 saturated heterocycles. The predicted octanol–water partition coefficient (Wildman–Crippen LogP) is 3.78. The standard InChI is InChI=1S/C21H30N4O2/c1-7-25-16(5)20(15(4)23-25)13-24(12-14(2)3)21(27)18-8-10-19(11-9-18)22-17(6)26/h8-11,14H,7,12-13H2,1-6H3,(H,22,26). The van der Waals surface area contributed by atoms with Crippen LogP contribution in [0.5, 0.6) is 0 Å². The number of hydrogen-bond donors (Lipinski definition) is 1. The van der Waals surface area contributed by atoms with Crippen LogP contribution >= 0.6 is 0 Å². The van der Waals surface area contributed by atoms with Gasteiger partial charge in [0.2, 0.25) is 5.91 Å². The quantitative estimate of drug-likeness (QED) is 0.806. The molecule has 0 unspecified atom stereocenters. The fourth-order valence-corrected chi connectivity index (χ4v) is 3.20. The largest absolute Gasteiger partial charge is 0.334 e. The fourth-order valence-electron chi connectivity index (χ4n) is 3.20. The lowest BCUT2D eigenvalue weighted by Crippen LogP contribution is -2.34. The molecule has 0 aliphatic rings. The molecule has 0 radical (unpaired) electrons. The van der Waals surface area contributed by atoms with E-state index in [1.54, 1.807) is 24.3 Å². The molecule has 0 saturated carbocycles. The second kappa shape index (κ2) is 8.84. The van der Waals surface area contributed by atoms with Crippen molar-refractivity contribution in [1.29, 1.82) is 0 Å². The molecular formula is C21H30N4O2. The van der Waals surface area contributed by atoms with Gasteiger partial charge in [-0.3, -0.25) is 14.3 Å². The minimum absolute atomic E-state index is 0.0128. The number of nitrogens with zero attached hydrogens (tertiary/aromatic N) is 3. The Hall–Kier alpha value is -2.63. The third kappa shape index (κ3) is 5.18. The van der Waals surface area contributed by atoms with Crippen LogP contribution in [-0.4, -0.2) is 33.0 Å². The summed E-state index contributed by atoms with van der Waals surface area (Å²) in [6.07, 6.45) is 0. The smallest absolute Gasteiger partial charge is 0.254 e. The van der Waals surface area contributed by atoms with Crippen molar-refractivity contribution in [1.82, 2.24) is 14.7 Å². The molecule has 1 aromatic heterocycles. The highest BCUT2D eigenvalue weighted by Gasteiger charge is 2.21. The summed E-state index contributed by atoms with van der Waals surface area (Å²) >= 11 is 0. The van der Waals surface area contributed by atoms with Crippen molar-refractivity contribution in [2.75, 3.05) is 11.9 Å². The topological polar surface area (TPSA) is 67.2 Å². The number of carbonyl (C=O) groups is 2. The molecule has 1 heterocycles. The van der Waals surface area contributed by atoms with Gasteiger partial charge in [0.1, 0.15) is 0 Å². The van der Waals surface area contributed by atoms with Gasteiger partial charge in [-0.2, -0.15) is 5.10 Å². The first-order valence-corrected chi connectivity index (χ1v) is 9.42. The zero-order valence-electron chi connectivity index (χ0n) is 17.2. The predicted molar refractivity (Wildman–Crippen MR) is 108 cm³/mol. The van der Waals surface area contributed by atoms with Crippen LogP contribution in [0.4, 0.5) is 5.69 Å². The molecule has 0 fully saturated rings. The number of aromatic nitrogens is 2. The van der Waals surface area contributed by atoms with Crippen LogP contribution in [0.2, 0.25) is 0 Å². The Balaban J connectivity index is 2.26. The highest BCUT2D eigenvalue weighted by molar-refractivity contribution is 5.95. The number of nitrogens with one attached hydrogen (secondary N) is 1. The number of rotatable bonds is 7. The molecule has 0 aliphatic carbocycles. The molecule has 27 heavy (non-hydrogen) atoms. The summed E-state index contributed by atoms with van der Waals surface area (Å²) in [5.74, 6) is 0.213. The maximum absolute atomic E-state index is 13.1. The van der Waals surface area contributed by atoms with Crippen LogP contribution in [0.15, 0.2) is 24.3 Å². The molecule has 0 spiro atoms. The van der Waals surface area contributed by atoms with Crippen molar-refractivity contribution in [2.45, 2.75) is 54.6 Å². The van der Waals surface area contributed by atoms with Gasteiger partial charge in [0.05, 0.1) is 5.69 Å². The summed E-state index contributed by atoms with van der Waals surface area (Å²) in [4.78, 5) is 26.2. The minimum Gasteiger partial charge on any atom is -0.334 e. The highest BCUT2D eigenvalue weighted by atomic mass is 16.2. The Morgan fingerprint density at radius 3 is 2.30 bits per heavy atom. The van der Waals surface area contributed by atoms with Gasteiger partial charge in [-0.25, -0.2) is 0 Å². The Bertz CT molecular complexity index is 806. The summed E-state index contributed by atoms with van der Waals surface area (Å²) in [6, 6.07) is 7.04. The lowest BCUT2D eigenvalue weighted by molar-refractivity contribution is -0.114. The molecule has 1 aromatic carbocycles.